The Morgan fingerprint density at radius 1 is 0.917 bits per heavy atom. The fourth-order valence-electron chi connectivity index (χ4n) is 2.73. The summed E-state index contributed by atoms with van der Waals surface area (Å²) in [5.41, 5.74) is 0. The quantitative estimate of drug-likeness (QED) is 0.437. The van der Waals surface area contributed by atoms with Gasteiger partial charge in [-0.25, -0.2) is 0 Å². The van der Waals surface area contributed by atoms with Crippen molar-refractivity contribution in [1.29, 1.82) is 0 Å². The number of aromatic hydroxyl groups is 2. The van der Waals surface area contributed by atoms with Crippen LogP contribution in [0.1, 0.15) is 0 Å². The number of hydrogen-bond acceptors (Lipinski definition) is 8. The highest BCUT2D eigenvalue weighted by Crippen LogP contribution is 2.39. The van der Waals surface area contributed by atoms with Crippen molar-refractivity contribution in [2.24, 2.45) is 0 Å². The molecule has 6 N–H and O–H groups in total. The average Bonchev–Trinajstić information content (AvgIpc) is 2.58. The molecular formula is C16H18O8. The first kappa shape index (κ1) is 16.7. The molecule has 3 rings (SSSR count). The summed E-state index contributed by atoms with van der Waals surface area (Å²) in [6.07, 6.45) is -7.12. The summed E-state index contributed by atoms with van der Waals surface area (Å²) in [6, 6.07) is 7.25. The van der Waals surface area contributed by atoms with Crippen molar-refractivity contribution in [1.82, 2.24) is 0 Å². The summed E-state index contributed by atoms with van der Waals surface area (Å²) >= 11 is 0. The molecular weight excluding hydrogens is 320 g/mol. The molecule has 8 heteroatoms. The molecule has 1 aliphatic heterocycles. The van der Waals surface area contributed by atoms with Crippen LogP contribution in [0.5, 0.6) is 17.2 Å². The van der Waals surface area contributed by atoms with Gasteiger partial charge in [-0.2, -0.15) is 0 Å². The van der Waals surface area contributed by atoms with Crippen molar-refractivity contribution in [2.45, 2.75) is 30.7 Å². The van der Waals surface area contributed by atoms with E-state index in [9.17, 15) is 30.6 Å². The first-order valence-corrected chi connectivity index (χ1v) is 7.35. The van der Waals surface area contributed by atoms with E-state index in [-0.39, 0.29) is 22.6 Å². The Balaban J connectivity index is 1.96. The number of aliphatic hydroxyl groups excluding tert-OH is 4. The predicted octanol–water partition coefficient (Wildman–Crippen LogP) is -0.570. The lowest BCUT2D eigenvalue weighted by Gasteiger charge is -2.39. The molecule has 0 aromatic heterocycles. The highest BCUT2D eigenvalue weighted by Gasteiger charge is 2.44. The van der Waals surface area contributed by atoms with Gasteiger partial charge in [-0.15, -0.1) is 0 Å². The number of rotatable bonds is 3. The van der Waals surface area contributed by atoms with Crippen LogP contribution in [0.4, 0.5) is 0 Å². The molecule has 0 radical (unpaired) electrons. The van der Waals surface area contributed by atoms with Crippen molar-refractivity contribution in [2.75, 3.05) is 6.61 Å². The van der Waals surface area contributed by atoms with Crippen LogP contribution in [-0.2, 0) is 4.74 Å². The van der Waals surface area contributed by atoms with Crippen molar-refractivity contribution < 1.29 is 40.1 Å². The van der Waals surface area contributed by atoms with Gasteiger partial charge in [-0.3, -0.25) is 0 Å². The molecule has 130 valence electrons. The summed E-state index contributed by atoms with van der Waals surface area (Å²) in [5, 5.41) is 59.2. The van der Waals surface area contributed by atoms with Crippen LogP contribution in [0.3, 0.4) is 0 Å². The number of ether oxygens (including phenoxy) is 2. The molecule has 5 atom stereocenters. The minimum absolute atomic E-state index is 0.0675. The Kier molecular flexibility index (Phi) is 4.48. The number of aliphatic hydroxyl groups is 4. The lowest BCUT2D eigenvalue weighted by atomic mass is 9.99. The largest absolute Gasteiger partial charge is 0.507 e. The minimum Gasteiger partial charge on any atom is -0.507 e. The molecule has 0 bridgehead atoms. The Bertz CT molecular complexity index is 731. The predicted molar refractivity (Wildman–Crippen MR) is 81.7 cm³/mol. The molecule has 0 saturated carbocycles. The average molecular weight is 338 g/mol. The molecule has 0 spiro atoms. The third-order valence-corrected chi connectivity index (χ3v) is 4.05. The number of fused-ring (bicyclic) bond motifs is 1. The van der Waals surface area contributed by atoms with E-state index in [1.807, 2.05) is 0 Å². The fraction of sp³-hybridized carbons (Fsp3) is 0.375. The van der Waals surface area contributed by atoms with Gasteiger partial charge >= 0.3 is 0 Å². The minimum atomic E-state index is -1.57. The SMILES string of the molecule is OC[C@@H]1O[C@H](Oc2ccc(O)c3cccc(O)c23)[C@@H](O)[C@H](O)[C@H]1O. The number of phenolic OH excluding ortho intramolecular Hbond substituents is 2. The normalized spacial score (nSPS) is 30.4. The van der Waals surface area contributed by atoms with E-state index in [0.29, 0.717) is 5.39 Å². The van der Waals surface area contributed by atoms with Crippen LogP contribution in [0, 0.1) is 0 Å². The molecule has 0 amide bonds. The molecule has 2 aromatic rings. The van der Waals surface area contributed by atoms with Crippen LogP contribution < -0.4 is 4.74 Å². The smallest absolute Gasteiger partial charge is 0.229 e. The second-order valence-corrected chi connectivity index (χ2v) is 5.60. The highest BCUT2D eigenvalue weighted by molar-refractivity contribution is 5.97. The Morgan fingerprint density at radius 2 is 1.67 bits per heavy atom. The molecule has 1 saturated heterocycles. The number of benzene rings is 2. The molecule has 2 aromatic carbocycles. The van der Waals surface area contributed by atoms with E-state index in [1.165, 1.54) is 18.2 Å². The second-order valence-electron chi connectivity index (χ2n) is 5.60. The van der Waals surface area contributed by atoms with Gasteiger partial charge in [0, 0.05) is 5.39 Å². The fourth-order valence-corrected chi connectivity index (χ4v) is 2.73. The summed E-state index contributed by atoms with van der Waals surface area (Å²) in [5.74, 6) is -0.115. The highest BCUT2D eigenvalue weighted by atomic mass is 16.7. The third kappa shape index (κ3) is 2.74. The molecule has 0 unspecified atom stereocenters. The van der Waals surface area contributed by atoms with Gasteiger partial charge in [-0.05, 0) is 18.2 Å². The number of phenols is 2. The maximum Gasteiger partial charge on any atom is 0.229 e. The maximum atomic E-state index is 10.0. The van der Waals surface area contributed by atoms with E-state index in [0.717, 1.165) is 0 Å². The van der Waals surface area contributed by atoms with Crippen LogP contribution in [0.2, 0.25) is 0 Å². The lowest BCUT2D eigenvalue weighted by molar-refractivity contribution is -0.277. The molecule has 1 aliphatic rings. The monoisotopic (exact) mass is 338 g/mol. The summed E-state index contributed by atoms with van der Waals surface area (Å²) < 4.78 is 10.8. The standard InChI is InChI=1S/C16H18O8/c17-6-11-13(20)14(21)15(22)16(24-11)23-10-5-4-8(18)7-2-1-3-9(19)12(7)10/h1-5,11,13-22H,6H2/t11-,13-,14+,15-,16-/m0/s1. The number of hydrogen-bond donors (Lipinski definition) is 6. The van der Waals surface area contributed by atoms with Gasteiger partial charge in [0.2, 0.25) is 6.29 Å². The first-order chi connectivity index (χ1) is 11.4. The van der Waals surface area contributed by atoms with Crippen LogP contribution in [0.15, 0.2) is 30.3 Å². The third-order valence-electron chi connectivity index (χ3n) is 4.05. The Hall–Kier alpha value is -2.10. The molecule has 24 heavy (non-hydrogen) atoms. The molecule has 1 fully saturated rings. The Labute approximate surface area is 136 Å². The van der Waals surface area contributed by atoms with Gasteiger partial charge < -0.3 is 40.1 Å². The second kappa shape index (κ2) is 6.42. The van der Waals surface area contributed by atoms with E-state index < -0.39 is 37.3 Å². The van der Waals surface area contributed by atoms with E-state index in [4.69, 9.17) is 9.47 Å². The molecule has 8 nitrogen and oxygen atoms in total. The molecule has 1 heterocycles. The van der Waals surface area contributed by atoms with Crippen molar-refractivity contribution in [3.05, 3.63) is 30.3 Å². The summed E-state index contributed by atoms with van der Waals surface area (Å²) in [4.78, 5) is 0. The summed E-state index contributed by atoms with van der Waals surface area (Å²) in [6.45, 7) is -0.577. The lowest BCUT2D eigenvalue weighted by Crippen LogP contribution is -2.60. The topological polar surface area (TPSA) is 140 Å². The Morgan fingerprint density at radius 3 is 2.38 bits per heavy atom. The van der Waals surface area contributed by atoms with Crippen molar-refractivity contribution >= 4 is 10.8 Å². The first-order valence-electron chi connectivity index (χ1n) is 7.35. The van der Waals surface area contributed by atoms with Gasteiger partial charge in [0.25, 0.3) is 0 Å². The molecule has 0 aliphatic carbocycles. The van der Waals surface area contributed by atoms with Gasteiger partial charge in [0.15, 0.2) is 0 Å². The van der Waals surface area contributed by atoms with Crippen LogP contribution in [0.25, 0.3) is 10.8 Å². The van der Waals surface area contributed by atoms with E-state index in [1.54, 1.807) is 12.1 Å². The zero-order chi connectivity index (χ0) is 17.4. The van der Waals surface area contributed by atoms with Gasteiger partial charge in [-0.1, -0.05) is 12.1 Å². The van der Waals surface area contributed by atoms with Gasteiger partial charge in [0.05, 0.1) is 12.0 Å². The van der Waals surface area contributed by atoms with E-state index in [2.05, 4.69) is 0 Å². The zero-order valence-corrected chi connectivity index (χ0v) is 12.5. The summed E-state index contributed by atoms with van der Waals surface area (Å²) in [7, 11) is 0. The van der Waals surface area contributed by atoms with Crippen molar-refractivity contribution in [3.8, 4) is 17.2 Å². The van der Waals surface area contributed by atoms with Crippen LogP contribution in [-0.4, -0.2) is 68.0 Å². The van der Waals surface area contributed by atoms with Crippen LogP contribution >= 0.6 is 0 Å². The van der Waals surface area contributed by atoms with Crippen molar-refractivity contribution in [3.63, 3.8) is 0 Å². The maximum absolute atomic E-state index is 10.0. The van der Waals surface area contributed by atoms with E-state index >= 15 is 0 Å². The van der Waals surface area contributed by atoms with Gasteiger partial charge in [0.1, 0.15) is 41.7 Å². The zero-order valence-electron chi connectivity index (χ0n) is 12.5.